The number of imidazole rings is 1. The average molecular weight is 842 g/mol. The van der Waals surface area contributed by atoms with Gasteiger partial charge >= 0.3 is 194 Å². The average Bonchev–Trinajstić information content (AvgIpc) is 3.56. The number of hydrogen-bond donors (Lipinski definition) is 0. The number of pyridine rings is 1. The van der Waals surface area contributed by atoms with Crippen molar-refractivity contribution in [2.45, 2.75) is 78.6 Å². The summed E-state index contributed by atoms with van der Waals surface area (Å²) in [5.74, 6) is 2.50. The second-order valence-corrected chi connectivity index (χ2v) is 17.7. The van der Waals surface area contributed by atoms with Gasteiger partial charge in [0.05, 0.1) is 0 Å². The van der Waals surface area contributed by atoms with Crippen LogP contribution in [0, 0.1) is 9.22 Å². The van der Waals surface area contributed by atoms with Crippen molar-refractivity contribution in [3.63, 3.8) is 0 Å². The molecule has 1 aliphatic carbocycles. The Morgan fingerprint density at radius 2 is 1.30 bits per heavy atom. The van der Waals surface area contributed by atoms with Crippen LogP contribution in [0.3, 0.4) is 0 Å². The fourth-order valence-electron chi connectivity index (χ4n) is 8.18. The van der Waals surface area contributed by atoms with E-state index >= 15 is 0 Å². The number of ether oxygens (including phenoxy) is 1. The first kappa shape index (κ1) is 33.0. The van der Waals surface area contributed by atoms with E-state index in [0.717, 1.165) is 37.8 Å². The van der Waals surface area contributed by atoms with Crippen LogP contribution in [-0.4, -0.2) is 18.7 Å². The normalized spacial score (nSPS) is 16.4. The van der Waals surface area contributed by atoms with E-state index in [-0.39, 0.29) is 21.7 Å². The van der Waals surface area contributed by atoms with Gasteiger partial charge in [-0.3, -0.25) is 0 Å². The topological polar surface area (TPSA) is 36.9 Å². The molecule has 0 atom stereocenters. The third-order valence-electron chi connectivity index (χ3n) is 12.4. The number of hydrogen-bond acceptors (Lipinski definition) is 2. The zero-order valence-electron chi connectivity index (χ0n) is 30.8. The summed E-state index contributed by atoms with van der Waals surface area (Å²) in [4.78, 5) is 4.99. The Balaban J connectivity index is 1.32. The molecule has 6 heteroatoms. The molecule has 258 valence electrons. The molecule has 8 rings (SSSR count). The molecular weight excluding hydrogens is 796 g/mol. The van der Waals surface area contributed by atoms with E-state index < -0.39 is 0 Å². The molecule has 0 amide bonds. The van der Waals surface area contributed by atoms with E-state index in [0.29, 0.717) is 0 Å². The molecule has 3 aromatic heterocycles. The van der Waals surface area contributed by atoms with Gasteiger partial charge in [0, 0.05) is 6.20 Å². The van der Waals surface area contributed by atoms with Crippen LogP contribution in [0.5, 0.6) is 11.5 Å². The summed E-state index contributed by atoms with van der Waals surface area (Å²) in [6.07, 6.45) is 1.95. The number of para-hydroxylation sites is 2. The number of aromatic nitrogens is 4. The predicted octanol–water partition coefficient (Wildman–Crippen LogP) is 11.2. The summed E-state index contributed by atoms with van der Waals surface area (Å²) in [7, 11) is 2.11. The van der Waals surface area contributed by atoms with Gasteiger partial charge in [-0.25, -0.2) is 0 Å². The van der Waals surface area contributed by atoms with Crippen LogP contribution in [-0.2, 0) is 42.6 Å². The first-order valence-corrected chi connectivity index (χ1v) is 18.7. The quantitative estimate of drug-likeness (QED) is 0.177. The van der Waals surface area contributed by atoms with E-state index in [9.17, 15) is 0 Å². The van der Waals surface area contributed by atoms with Crippen molar-refractivity contribution < 1.29 is 24.1 Å². The van der Waals surface area contributed by atoms with Crippen molar-refractivity contribution in [3.8, 4) is 23.0 Å². The number of aryl methyl sites for hydroxylation is 1. The molecule has 0 unspecified atom stereocenters. The number of benzene rings is 4. The van der Waals surface area contributed by atoms with Gasteiger partial charge in [0.25, 0.3) is 0 Å². The van der Waals surface area contributed by atoms with Gasteiger partial charge in [-0.05, 0) is 44.4 Å². The van der Waals surface area contributed by atoms with Crippen LogP contribution in [0.25, 0.3) is 44.3 Å². The fourth-order valence-corrected chi connectivity index (χ4v) is 9.02. The van der Waals surface area contributed by atoms with Crippen LogP contribution < -0.4 is 4.74 Å². The van der Waals surface area contributed by atoms with Gasteiger partial charge in [0.2, 0.25) is 0 Å². The summed E-state index contributed by atoms with van der Waals surface area (Å²) in [6, 6.07) is 32.7. The van der Waals surface area contributed by atoms with Crippen LogP contribution >= 0.6 is 0 Å². The van der Waals surface area contributed by atoms with Crippen LogP contribution in [0.15, 0.2) is 97.2 Å². The number of nitrogens with zero attached hydrogens (tertiary/aromatic N) is 4. The van der Waals surface area contributed by atoms with E-state index in [1.807, 2.05) is 12.3 Å². The molecule has 0 saturated heterocycles. The molecule has 5 nitrogen and oxygen atoms in total. The molecule has 0 bridgehead atoms. The second-order valence-electron chi connectivity index (χ2n) is 16.7. The van der Waals surface area contributed by atoms with Crippen molar-refractivity contribution in [1.82, 2.24) is 18.7 Å². The Hall–Kier alpha value is -4.21. The molecule has 50 heavy (non-hydrogen) atoms. The molecule has 0 saturated carbocycles. The Kier molecular flexibility index (Phi) is 7.18. The third-order valence-corrected chi connectivity index (χ3v) is 13.7. The van der Waals surface area contributed by atoms with Gasteiger partial charge in [0.1, 0.15) is 0 Å². The van der Waals surface area contributed by atoms with Gasteiger partial charge in [-0.15, -0.1) is 0 Å². The standard InChI is InChI=1S/C44H46N4O.Pt/c1-41(2,3)28-20-21-45-40(22-28)48-38-24-31(49-30-15-13-14-29(23-30)47-27-46(10)36-16-11-12-17-37(36)47)18-19-32(38)33-25-34-35(26-39(33)48)43(6,7)44(8,9)42(34,4)5;/h11-26H,1-10H3;. The molecule has 4 aromatic carbocycles. The Bertz CT molecular complexity index is 2570. The van der Waals surface area contributed by atoms with Gasteiger partial charge in [-0.2, -0.15) is 0 Å². The fraction of sp³-hybridized carbons (Fsp3) is 0.318. The molecule has 3 heterocycles. The summed E-state index contributed by atoms with van der Waals surface area (Å²) >= 11 is 2.40. The number of rotatable bonds is 4. The van der Waals surface area contributed by atoms with E-state index in [2.05, 4.69) is 187 Å². The summed E-state index contributed by atoms with van der Waals surface area (Å²) in [6.45, 7) is 21.3. The van der Waals surface area contributed by atoms with Crippen molar-refractivity contribution in [1.29, 1.82) is 0 Å². The van der Waals surface area contributed by atoms with Crippen molar-refractivity contribution in [2.75, 3.05) is 0 Å². The summed E-state index contributed by atoms with van der Waals surface area (Å²) in [5, 5.41) is 2.45. The van der Waals surface area contributed by atoms with E-state index in [1.54, 1.807) is 0 Å². The van der Waals surface area contributed by atoms with E-state index in [4.69, 9.17) is 9.72 Å². The Labute approximate surface area is 306 Å². The maximum atomic E-state index is 6.69. The Morgan fingerprint density at radius 1 is 0.640 bits per heavy atom. The predicted molar refractivity (Wildman–Crippen MR) is 203 cm³/mol. The molecule has 0 N–H and O–H groups in total. The summed E-state index contributed by atoms with van der Waals surface area (Å²) < 4.78 is 14.7. The molecule has 0 spiro atoms. The minimum atomic E-state index is -0.0127. The molecule has 7 aromatic rings. The molecule has 0 radical (unpaired) electrons. The van der Waals surface area contributed by atoms with Crippen molar-refractivity contribution >= 4 is 32.8 Å². The van der Waals surface area contributed by atoms with Crippen molar-refractivity contribution in [3.05, 3.63) is 118 Å². The molecule has 1 aliphatic rings. The van der Waals surface area contributed by atoms with Crippen LogP contribution in [0.2, 0.25) is 0 Å². The van der Waals surface area contributed by atoms with Crippen LogP contribution in [0.4, 0.5) is 0 Å². The SMILES string of the molecule is Cn1[c](=[Pt])n(-c2cccc(Oc3ccc4c5cc6c(cc5n(-c5cc(C(C)(C)C)ccn5)c4c3)C(C)(C)C(C)(C)C6(C)C)c2)c2ccccc21. The zero-order chi connectivity index (χ0) is 35.5. The third kappa shape index (κ3) is 4.62. The first-order valence-electron chi connectivity index (χ1n) is 17.5. The molecular formula is C44H46N4OPt. The van der Waals surface area contributed by atoms with E-state index in [1.165, 1.54) is 38.5 Å². The monoisotopic (exact) mass is 841 g/mol. The summed E-state index contributed by atoms with van der Waals surface area (Å²) in [5.41, 5.74) is 9.85. The van der Waals surface area contributed by atoms with Gasteiger partial charge < -0.3 is 0 Å². The second kappa shape index (κ2) is 10.9. The van der Waals surface area contributed by atoms with Crippen molar-refractivity contribution in [2.24, 2.45) is 12.5 Å². The zero-order valence-corrected chi connectivity index (χ0v) is 33.0. The number of fused-ring (bicyclic) bond motifs is 5. The minimum absolute atomic E-state index is 0.00681. The van der Waals surface area contributed by atoms with Gasteiger partial charge in [-0.1, -0.05) is 62.3 Å². The Morgan fingerprint density at radius 3 is 2.02 bits per heavy atom. The first-order chi connectivity index (χ1) is 23.5. The molecule has 0 fully saturated rings. The van der Waals surface area contributed by atoms with Gasteiger partial charge in [0.15, 0.2) is 0 Å². The maximum absolute atomic E-state index is 6.69. The molecule has 0 aliphatic heterocycles. The van der Waals surface area contributed by atoms with Crippen LogP contribution in [0.1, 0.15) is 79.0 Å².